The van der Waals surface area contributed by atoms with Gasteiger partial charge in [-0.25, -0.2) is 9.18 Å². The minimum absolute atomic E-state index is 0.0873. The van der Waals surface area contributed by atoms with E-state index in [0.717, 1.165) is 23.4 Å². The van der Waals surface area contributed by atoms with Crippen molar-refractivity contribution in [1.29, 1.82) is 0 Å². The van der Waals surface area contributed by atoms with Gasteiger partial charge in [0.15, 0.2) is 0 Å². The Morgan fingerprint density at radius 2 is 1.64 bits per heavy atom. The van der Waals surface area contributed by atoms with E-state index in [1.54, 1.807) is 54.6 Å². The predicted molar refractivity (Wildman–Crippen MR) is 164 cm³/mol. The first-order valence-corrected chi connectivity index (χ1v) is 14.9. The molecule has 1 aliphatic heterocycles. The lowest BCUT2D eigenvalue weighted by atomic mass is 9.94. The van der Waals surface area contributed by atoms with Gasteiger partial charge >= 0.3 is 12.1 Å². The summed E-state index contributed by atoms with van der Waals surface area (Å²) in [5.74, 6) is -2.56. The summed E-state index contributed by atoms with van der Waals surface area (Å²) in [6, 6.07) is 20.7. The Bertz CT molecular complexity index is 1660. The average Bonchev–Trinajstić information content (AvgIpc) is 3.04. The molecule has 4 aromatic carbocycles. The van der Waals surface area contributed by atoms with Crippen molar-refractivity contribution in [3.63, 3.8) is 0 Å². The number of carbonyl (C=O) groups is 2. The first kappa shape index (κ1) is 32.2. The molecule has 6 nitrogen and oxygen atoms in total. The van der Waals surface area contributed by atoms with E-state index in [2.05, 4.69) is 21.2 Å². The van der Waals surface area contributed by atoms with Gasteiger partial charge in [0.25, 0.3) is 5.91 Å². The molecule has 1 aliphatic rings. The number of anilines is 1. The summed E-state index contributed by atoms with van der Waals surface area (Å²) in [5.41, 5.74) is -0.407. The molecule has 1 amide bonds. The van der Waals surface area contributed by atoms with E-state index >= 15 is 0 Å². The van der Waals surface area contributed by atoms with Crippen LogP contribution in [0.25, 0.3) is 11.1 Å². The number of hydrogen-bond donors (Lipinski definition) is 1. The Morgan fingerprint density at radius 1 is 0.933 bits per heavy atom. The van der Waals surface area contributed by atoms with Gasteiger partial charge in [-0.05, 0) is 72.4 Å². The van der Waals surface area contributed by atoms with Crippen molar-refractivity contribution < 1.29 is 41.4 Å². The third-order valence-corrected chi connectivity index (χ3v) is 7.83. The van der Waals surface area contributed by atoms with Crippen LogP contribution in [0.2, 0.25) is 0 Å². The highest BCUT2D eigenvalue weighted by Crippen LogP contribution is 2.35. The van der Waals surface area contributed by atoms with E-state index in [-0.39, 0.29) is 29.4 Å². The van der Waals surface area contributed by atoms with Crippen LogP contribution in [0.5, 0.6) is 5.75 Å². The summed E-state index contributed by atoms with van der Waals surface area (Å²) in [6.45, 7) is 1.46. The average molecular weight is 686 g/mol. The first-order chi connectivity index (χ1) is 21.6. The zero-order valence-electron chi connectivity index (χ0n) is 23.8. The summed E-state index contributed by atoms with van der Waals surface area (Å²) >= 11 is 3.40. The summed E-state index contributed by atoms with van der Waals surface area (Å²) in [7, 11) is 0. The van der Waals surface area contributed by atoms with E-state index in [1.165, 1.54) is 6.07 Å². The van der Waals surface area contributed by atoms with Crippen molar-refractivity contribution >= 4 is 33.5 Å². The highest BCUT2D eigenvalue weighted by atomic mass is 79.9. The number of hydrogen-bond acceptors (Lipinski definition) is 5. The van der Waals surface area contributed by atoms with Crippen LogP contribution in [-0.4, -0.2) is 31.7 Å². The fourth-order valence-corrected chi connectivity index (χ4v) is 5.12. The largest absolute Gasteiger partial charge is 0.493 e. The van der Waals surface area contributed by atoms with Gasteiger partial charge in [-0.15, -0.1) is 0 Å². The number of halogens is 5. The van der Waals surface area contributed by atoms with Crippen LogP contribution >= 0.6 is 15.9 Å². The van der Waals surface area contributed by atoms with Gasteiger partial charge < -0.3 is 19.5 Å². The Kier molecular flexibility index (Phi) is 10.2. The van der Waals surface area contributed by atoms with Crippen LogP contribution in [-0.2, 0) is 22.3 Å². The molecule has 45 heavy (non-hydrogen) atoms. The summed E-state index contributed by atoms with van der Waals surface area (Å²) in [5, 5.41) is 2.33. The number of benzene rings is 4. The lowest BCUT2D eigenvalue weighted by molar-refractivity contribution is -0.137. The Balaban J connectivity index is 1.56. The van der Waals surface area contributed by atoms with Crippen LogP contribution in [0, 0.1) is 11.7 Å². The minimum Gasteiger partial charge on any atom is -0.493 e. The molecule has 1 saturated heterocycles. The number of ether oxygens (including phenoxy) is 3. The second-order valence-corrected chi connectivity index (χ2v) is 11.4. The van der Waals surface area contributed by atoms with Gasteiger partial charge in [0, 0.05) is 23.2 Å². The van der Waals surface area contributed by atoms with E-state index in [1.807, 2.05) is 6.07 Å². The van der Waals surface area contributed by atoms with E-state index < -0.39 is 35.1 Å². The van der Waals surface area contributed by atoms with Crippen molar-refractivity contribution in [2.45, 2.75) is 25.6 Å². The summed E-state index contributed by atoms with van der Waals surface area (Å²) in [6.07, 6.45) is -3.18. The van der Waals surface area contributed by atoms with Crippen molar-refractivity contribution in [2.24, 2.45) is 5.92 Å². The smallest absolute Gasteiger partial charge is 0.416 e. The molecule has 0 aromatic heterocycles. The third kappa shape index (κ3) is 8.29. The molecule has 0 bridgehead atoms. The summed E-state index contributed by atoms with van der Waals surface area (Å²) < 4.78 is 72.1. The maximum atomic E-state index is 14.8. The van der Waals surface area contributed by atoms with Gasteiger partial charge in [0.1, 0.15) is 18.2 Å². The molecule has 0 unspecified atom stereocenters. The zero-order chi connectivity index (χ0) is 32.0. The normalized spacial score (nSPS) is 13.7. The molecule has 0 radical (unpaired) electrons. The van der Waals surface area contributed by atoms with Gasteiger partial charge in [-0.1, -0.05) is 58.4 Å². The molecule has 4 aromatic rings. The van der Waals surface area contributed by atoms with Gasteiger partial charge in [0.05, 0.1) is 29.0 Å². The fraction of sp³-hybridized carbons (Fsp3) is 0.235. The highest BCUT2D eigenvalue weighted by molar-refractivity contribution is 9.10. The Hall–Kier alpha value is -4.22. The molecule has 0 spiro atoms. The SMILES string of the molecule is O=C(Nc1ccc(C(F)(F)F)cc1F)c1cc(OCC2CCOCC2)cc(-c2ccc(Br)cc2)c1C(=O)OCc1ccccc1. The third-order valence-electron chi connectivity index (χ3n) is 7.30. The molecule has 234 valence electrons. The molecule has 1 fully saturated rings. The van der Waals surface area contributed by atoms with E-state index in [0.29, 0.717) is 48.6 Å². The molecular formula is C34H28BrF4NO5. The van der Waals surface area contributed by atoms with Crippen molar-refractivity contribution in [3.8, 4) is 16.9 Å². The standard InChI is InChI=1S/C34H28BrF4NO5/c35-25-9-6-23(7-10-25)27-17-26(44-19-22-12-14-43-15-13-22)18-28(31(27)33(42)45-20-21-4-2-1-3-5-21)32(41)40-30-11-8-24(16-29(30)36)34(37,38)39/h1-11,16-18,22H,12-15,19-20H2,(H,40,41). The quantitative estimate of drug-likeness (QED) is 0.141. The second-order valence-electron chi connectivity index (χ2n) is 10.5. The molecule has 0 aliphatic carbocycles. The number of carbonyl (C=O) groups excluding carboxylic acids is 2. The zero-order valence-corrected chi connectivity index (χ0v) is 25.4. The van der Waals surface area contributed by atoms with Crippen LogP contribution < -0.4 is 10.1 Å². The lowest BCUT2D eigenvalue weighted by Gasteiger charge is -2.23. The summed E-state index contributed by atoms with van der Waals surface area (Å²) in [4.78, 5) is 27.5. The monoisotopic (exact) mass is 685 g/mol. The molecule has 5 rings (SSSR count). The first-order valence-electron chi connectivity index (χ1n) is 14.1. The highest BCUT2D eigenvalue weighted by Gasteiger charge is 2.32. The second kappa shape index (κ2) is 14.3. The van der Waals surface area contributed by atoms with Crippen molar-refractivity contribution in [3.05, 3.63) is 117 Å². The number of rotatable bonds is 9. The van der Waals surface area contributed by atoms with Gasteiger partial charge in [0.2, 0.25) is 0 Å². The minimum atomic E-state index is -4.77. The van der Waals surface area contributed by atoms with Crippen molar-refractivity contribution in [1.82, 2.24) is 0 Å². The number of alkyl halides is 3. The Morgan fingerprint density at radius 3 is 2.31 bits per heavy atom. The number of esters is 1. The molecule has 0 saturated carbocycles. The van der Waals surface area contributed by atoms with Crippen LogP contribution in [0.4, 0.5) is 23.2 Å². The van der Waals surface area contributed by atoms with Gasteiger partial charge in [-0.3, -0.25) is 4.79 Å². The van der Waals surface area contributed by atoms with Crippen LogP contribution in [0.3, 0.4) is 0 Å². The predicted octanol–water partition coefficient (Wildman–Crippen LogP) is 8.69. The molecule has 0 atom stereocenters. The topological polar surface area (TPSA) is 73.9 Å². The van der Waals surface area contributed by atoms with E-state index in [4.69, 9.17) is 14.2 Å². The maximum Gasteiger partial charge on any atom is 0.416 e. The molecular weight excluding hydrogens is 658 g/mol. The van der Waals surface area contributed by atoms with E-state index in [9.17, 15) is 27.2 Å². The molecule has 1 N–H and O–H groups in total. The molecule has 1 heterocycles. The van der Waals surface area contributed by atoms with Crippen molar-refractivity contribution in [2.75, 3.05) is 25.1 Å². The number of nitrogens with one attached hydrogen (secondary N) is 1. The fourth-order valence-electron chi connectivity index (χ4n) is 4.86. The van der Waals surface area contributed by atoms with Crippen LogP contribution in [0.15, 0.2) is 89.4 Å². The number of amides is 1. The Labute approximate surface area is 265 Å². The molecule has 11 heteroatoms. The maximum absolute atomic E-state index is 14.8. The lowest BCUT2D eigenvalue weighted by Crippen LogP contribution is -2.22. The van der Waals surface area contributed by atoms with Crippen LogP contribution in [0.1, 0.15) is 44.7 Å². The van der Waals surface area contributed by atoms with Gasteiger partial charge in [-0.2, -0.15) is 13.2 Å².